The van der Waals surface area contributed by atoms with E-state index in [0.29, 0.717) is 11.3 Å². The van der Waals surface area contributed by atoms with E-state index in [1.807, 2.05) is 12.1 Å². The summed E-state index contributed by atoms with van der Waals surface area (Å²) >= 11 is 0. The van der Waals surface area contributed by atoms with Crippen molar-refractivity contribution in [3.8, 4) is 5.75 Å². The number of para-hydroxylation sites is 2. The van der Waals surface area contributed by atoms with Crippen molar-refractivity contribution in [1.29, 1.82) is 0 Å². The molecular formula is C25H29NO6. The average Bonchev–Trinajstić information content (AvgIpc) is 2.82. The molecule has 2 aromatic rings. The van der Waals surface area contributed by atoms with Crippen molar-refractivity contribution >= 4 is 23.5 Å². The van der Waals surface area contributed by atoms with Crippen LogP contribution in [0.4, 0.5) is 5.69 Å². The second kappa shape index (κ2) is 12.9. The number of hydrogen-bond acceptors (Lipinski definition) is 6. The summed E-state index contributed by atoms with van der Waals surface area (Å²) in [6.45, 7) is 2.18. The smallest absolute Gasteiger partial charge is 0.374 e. The molecule has 2 rings (SSSR count). The average molecular weight is 440 g/mol. The largest absolute Gasteiger partial charge is 0.466 e. The summed E-state index contributed by atoms with van der Waals surface area (Å²) in [5.74, 6) is -2.15. The summed E-state index contributed by atoms with van der Waals surface area (Å²) < 4.78 is 14.7. The Labute approximate surface area is 188 Å². The molecule has 0 spiro atoms. The zero-order chi connectivity index (χ0) is 23.3. The van der Waals surface area contributed by atoms with E-state index in [-0.39, 0.29) is 17.4 Å². The maximum absolute atomic E-state index is 12.7. The third kappa shape index (κ3) is 7.58. The highest BCUT2D eigenvalue weighted by molar-refractivity contribution is 6.05. The first kappa shape index (κ1) is 24.7. The van der Waals surface area contributed by atoms with Gasteiger partial charge in [0.1, 0.15) is 0 Å². The zero-order valence-corrected chi connectivity index (χ0v) is 18.7. The number of anilines is 1. The molecule has 0 unspecified atom stereocenters. The van der Waals surface area contributed by atoms with Crippen LogP contribution in [0, 0.1) is 0 Å². The second-order valence-electron chi connectivity index (χ2n) is 7.08. The van der Waals surface area contributed by atoms with Crippen LogP contribution in [-0.2, 0) is 25.5 Å². The van der Waals surface area contributed by atoms with Crippen LogP contribution in [0.25, 0.3) is 0 Å². The molecule has 0 fully saturated rings. The third-order valence-electron chi connectivity index (χ3n) is 4.73. The second-order valence-corrected chi connectivity index (χ2v) is 7.08. The van der Waals surface area contributed by atoms with Crippen LogP contribution in [0.15, 0.2) is 60.4 Å². The van der Waals surface area contributed by atoms with Crippen molar-refractivity contribution in [1.82, 2.24) is 0 Å². The van der Waals surface area contributed by atoms with Gasteiger partial charge in [0.05, 0.1) is 26.0 Å². The highest BCUT2D eigenvalue weighted by Crippen LogP contribution is 2.27. The van der Waals surface area contributed by atoms with Crippen molar-refractivity contribution in [3.63, 3.8) is 0 Å². The van der Waals surface area contributed by atoms with Gasteiger partial charge in [-0.15, -0.1) is 0 Å². The number of ether oxygens (including phenoxy) is 3. The Bertz CT molecular complexity index is 949. The number of aryl methyl sites for hydroxylation is 1. The number of unbranched alkanes of at least 4 members (excludes halogenated alkanes) is 3. The van der Waals surface area contributed by atoms with Crippen LogP contribution in [0.3, 0.4) is 0 Å². The van der Waals surface area contributed by atoms with E-state index in [4.69, 9.17) is 4.74 Å². The van der Waals surface area contributed by atoms with Gasteiger partial charge in [0.15, 0.2) is 5.75 Å². The summed E-state index contributed by atoms with van der Waals surface area (Å²) in [4.78, 5) is 36.2. The number of methoxy groups -OCH3 is 2. The zero-order valence-electron chi connectivity index (χ0n) is 18.7. The van der Waals surface area contributed by atoms with Gasteiger partial charge in [-0.05, 0) is 42.7 Å². The van der Waals surface area contributed by atoms with Crippen LogP contribution in [0.1, 0.15) is 48.5 Å². The summed E-state index contributed by atoms with van der Waals surface area (Å²) in [5, 5.41) is 2.78. The first-order valence-electron chi connectivity index (χ1n) is 10.5. The maximum atomic E-state index is 12.7. The SMILES string of the molecule is CCCCCCc1ccc(C(=O)Nc2ccccc2O/C(=C/C(=O)OC)C(=O)OC)cc1. The first-order chi connectivity index (χ1) is 15.5. The molecule has 7 heteroatoms. The van der Waals surface area contributed by atoms with Crippen LogP contribution >= 0.6 is 0 Å². The Hall–Kier alpha value is -3.61. The van der Waals surface area contributed by atoms with E-state index in [0.717, 1.165) is 26.0 Å². The van der Waals surface area contributed by atoms with Gasteiger partial charge in [-0.3, -0.25) is 4.79 Å². The predicted octanol–water partition coefficient (Wildman–Crippen LogP) is 4.67. The summed E-state index contributed by atoms with van der Waals surface area (Å²) in [6.07, 6.45) is 6.63. The van der Waals surface area contributed by atoms with Crippen molar-refractivity contribution in [2.75, 3.05) is 19.5 Å². The number of benzene rings is 2. The molecular weight excluding hydrogens is 410 g/mol. The fourth-order valence-corrected chi connectivity index (χ4v) is 2.95. The number of amides is 1. The van der Waals surface area contributed by atoms with E-state index in [1.165, 1.54) is 31.9 Å². The molecule has 7 nitrogen and oxygen atoms in total. The minimum Gasteiger partial charge on any atom is -0.466 e. The van der Waals surface area contributed by atoms with Crippen LogP contribution < -0.4 is 10.1 Å². The molecule has 0 saturated heterocycles. The Morgan fingerprint density at radius 3 is 2.28 bits per heavy atom. The molecule has 0 aliphatic heterocycles. The Morgan fingerprint density at radius 1 is 0.906 bits per heavy atom. The van der Waals surface area contributed by atoms with E-state index in [9.17, 15) is 14.4 Å². The van der Waals surface area contributed by atoms with Gasteiger partial charge in [-0.25, -0.2) is 9.59 Å². The predicted molar refractivity (Wildman–Crippen MR) is 121 cm³/mol. The van der Waals surface area contributed by atoms with E-state index >= 15 is 0 Å². The number of hydrogen-bond donors (Lipinski definition) is 1. The number of esters is 2. The Balaban J connectivity index is 2.11. The minimum absolute atomic E-state index is 0.175. The molecule has 0 atom stereocenters. The van der Waals surface area contributed by atoms with Gasteiger partial charge in [0.25, 0.3) is 5.91 Å². The van der Waals surface area contributed by atoms with Gasteiger partial charge < -0.3 is 19.5 Å². The van der Waals surface area contributed by atoms with Crippen LogP contribution in [0.5, 0.6) is 5.75 Å². The van der Waals surface area contributed by atoms with Crippen molar-refractivity contribution in [2.45, 2.75) is 39.0 Å². The van der Waals surface area contributed by atoms with Crippen LogP contribution in [-0.4, -0.2) is 32.1 Å². The molecule has 32 heavy (non-hydrogen) atoms. The molecule has 0 heterocycles. The van der Waals surface area contributed by atoms with Crippen molar-refractivity contribution in [3.05, 3.63) is 71.5 Å². The summed E-state index contributed by atoms with van der Waals surface area (Å²) in [7, 11) is 2.34. The fourth-order valence-electron chi connectivity index (χ4n) is 2.95. The Kier molecular flexibility index (Phi) is 9.97. The quantitative estimate of drug-likeness (QED) is 0.237. The molecule has 1 N–H and O–H groups in total. The molecule has 0 aromatic heterocycles. The van der Waals surface area contributed by atoms with E-state index in [2.05, 4.69) is 21.7 Å². The molecule has 0 aliphatic rings. The lowest BCUT2D eigenvalue weighted by Crippen LogP contribution is -2.16. The number of nitrogens with one attached hydrogen (secondary N) is 1. The normalized spacial score (nSPS) is 10.9. The molecule has 0 bridgehead atoms. The highest BCUT2D eigenvalue weighted by Gasteiger charge is 2.18. The fraction of sp³-hybridized carbons (Fsp3) is 0.320. The van der Waals surface area contributed by atoms with Crippen molar-refractivity contribution in [2.24, 2.45) is 0 Å². The lowest BCUT2D eigenvalue weighted by Gasteiger charge is -2.13. The van der Waals surface area contributed by atoms with Gasteiger partial charge >= 0.3 is 11.9 Å². The first-order valence-corrected chi connectivity index (χ1v) is 10.5. The van der Waals surface area contributed by atoms with E-state index in [1.54, 1.807) is 36.4 Å². The topological polar surface area (TPSA) is 90.9 Å². The highest BCUT2D eigenvalue weighted by atomic mass is 16.6. The molecule has 1 amide bonds. The summed E-state index contributed by atoms with van der Waals surface area (Å²) in [6, 6.07) is 14.0. The summed E-state index contributed by atoms with van der Waals surface area (Å²) in [5.41, 5.74) is 2.02. The third-order valence-corrected chi connectivity index (χ3v) is 4.73. The van der Waals surface area contributed by atoms with Gasteiger partial charge in [0, 0.05) is 5.56 Å². The molecule has 0 aliphatic carbocycles. The van der Waals surface area contributed by atoms with Gasteiger partial charge in [-0.2, -0.15) is 0 Å². The molecule has 0 radical (unpaired) electrons. The van der Waals surface area contributed by atoms with Gasteiger partial charge in [0.2, 0.25) is 5.76 Å². The number of rotatable bonds is 11. The van der Waals surface area contributed by atoms with Gasteiger partial charge in [-0.1, -0.05) is 50.5 Å². The Morgan fingerprint density at radius 2 is 1.62 bits per heavy atom. The number of carbonyl (C=O) groups excluding carboxylic acids is 3. The van der Waals surface area contributed by atoms with E-state index < -0.39 is 11.9 Å². The molecule has 2 aromatic carbocycles. The molecule has 0 saturated carbocycles. The van der Waals surface area contributed by atoms with Crippen molar-refractivity contribution < 1.29 is 28.6 Å². The lowest BCUT2D eigenvalue weighted by molar-refractivity contribution is -0.140. The monoisotopic (exact) mass is 439 g/mol. The van der Waals surface area contributed by atoms with Crippen LogP contribution in [0.2, 0.25) is 0 Å². The number of carbonyl (C=O) groups is 3. The molecule has 170 valence electrons. The minimum atomic E-state index is -0.856. The standard InChI is InChI=1S/C25H29NO6/c1-4-5-6-7-10-18-13-15-19(16-14-18)24(28)26-20-11-8-9-12-21(20)32-22(25(29)31-3)17-23(27)30-2/h8-9,11-17H,4-7,10H2,1-3H3,(H,26,28)/b22-17+. The lowest BCUT2D eigenvalue weighted by atomic mass is 10.0. The maximum Gasteiger partial charge on any atom is 0.374 e.